The first-order valence-electron chi connectivity index (χ1n) is 21.6. The average molecular weight is 833 g/mol. The summed E-state index contributed by atoms with van der Waals surface area (Å²) in [5.74, 6) is 1.95. The molecule has 0 radical (unpaired) electrons. The van der Waals surface area contributed by atoms with Crippen molar-refractivity contribution in [2.45, 2.75) is 0 Å². The number of nitrogens with zero attached hydrogens (tertiary/aromatic N) is 4. The summed E-state index contributed by atoms with van der Waals surface area (Å²) < 4.78 is 4.95. The topological polar surface area (TPSA) is 43.6 Å². The Morgan fingerprint density at radius 2 is 0.734 bits per heavy atom. The number of hydrogen-bond donors (Lipinski definition) is 0. The van der Waals surface area contributed by atoms with Gasteiger partial charge in [0.25, 0.3) is 0 Å². The first kappa shape index (κ1) is 36.4. The van der Waals surface area contributed by atoms with Crippen LogP contribution in [0.1, 0.15) is 0 Å². The van der Waals surface area contributed by atoms with Crippen LogP contribution >= 0.6 is 11.3 Å². The molecule has 0 atom stereocenters. The minimum Gasteiger partial charge on any atom is -0.308 e. The molecule has 0 fully saturated rings. The summed E-state index contributed by atoms with van der Waals surface area (Å²) in [5.41, 5.74) is 11.2. The second-order valence-corrected chi connectivity index (χ2v) is 17.4. The Balaban J connectivity index is 1.11. The molecule has 0 saturated carbocycles. The van der Waals surface area contributed by atoms with Crippen molar-refractivity contribution in [2.75, 3.05) is 0 Å². The number of aromatic nitrogens is 4. The Kier molecular flexibility index (Phi) is 8.36. The van der Waals surface area contributed by atoms with E-state index in [0.717, 1.165) is 22.4 Å². The smallest absolute Gasteiger partial charge is 0.164 e. The van der Waals surface area contributed by atoms with Gasteiger partial charge in [0.1, 0.15) is 0 Å². The molecule has 64 heavy (non-hydrogen) atoms. The Labute approximate surface area is 373 Å². The van der Waals surface area contributed by atoms with Gasteiger partial charge in [-0.2, -0.15) is 0 Å². The van der Waals surface area contributed by atoms with E-state index in [9.17, 15) is 0 Å². The van der Waals surface area contributed by atoms with Crippen LogP contribution in [0.5, 0.6) is 0 Å². The fourth-order valence-corrected chi connectivity index (χ4v) is 10.9. The van der Waals surface area contributed by atoms with Crippen LogP contribution in [0, 0.1) is 0 Å². The minimum atomic E-state index is 0.648. The second kappa shape index (κ2) is 14.7. The SMILES string of the molecule is c1ccc(-c2nc(-c3ccccc3)nc(-c3ccc4c(c3)sc3cccc(-n5c6cc(-c7ccccc7)c7ccccc7c6c6c7ccccc7c(-c7ccccc7)cc65)c34)n2)cc1. The van der Waals surface area contributed by atoms with Gasteiger partial charge < -0.3 is 4.57 Å². The van der Waals surface area contributed by atoms with Crippen LogP contribution in [0.25, 0.3) is 126 Å². The molecule has 0 aliphatic heterocycles. The van der Waals surface area contributed by atoms with Gasteiger partial charge in [-0.15, -0.1) is 11.3 Å². The van der Waals surface area contributed by atoms with E-state index < -0.39 is 0 Å². The Bertz CT molecular complexity index is 3740. The maximum Gasteiger partial charge on any atom is 0.164 e. The molecule has 0 unspecified atom stereocenters. The third-order valence-electron chi connectivity index (χ3n) is 12.6. The lowest BCUT2D eigenvalue weighted by atomic mass is 9.92. The number of benzene rings is 10. The Hall–Kier alpha value is -8.25. The Morgan fingerprint density at radius 3 is 1.23 bits per heavy atom. The lowest BCUT2D eigenvalue weighted by Gasteiger charge is -2.14. The van der Waals surface area contributed by atoms with Gasteiger partial charge >= 0.3 is 0 Å². The fraction of sp³-hybridized carbons (Fsp3) is 0. The summed E-state index contributed by atoms with van der Waals surface area (Å²) in [4.78, 5) is 15.1. The molecule has 13 rings (SSSR count). The van der Waals surface area contributed by atoms with Crippen LogP contribution in [-0.2, 0) is 0 Å². The first-order chi connectivity index (χ1) is 31.7. The molecular weight excluding hydrogens is 797 g/mol. The molecule has 4 nitrogen and oxygen atoms in total. The van der Waals surface area contributed by atoms with Crippen molar-refractivity contribution < 1.29 is 0 Å². The highest BCUT2D eigenvalue weighted by molar-refractivity contribution is 7.26. The van der Waals surface area contributed by atoms with Gasteiger partial charge in [-0.25, -0.2) is 15.0 Å². The monoisotopic (exact) mass is 832 g/mol. The summed E-state index contributed by atoms with van der Waals surface area (Å²) in [6.45, 7) is 0. The number of thiophene rings is 1. The molecule has 13 aromatic rings. The summed E-state index contributed by atoms with van der Waals surface area (Å²) >= 11 is 1.81. The molecule has 0 aliphatic rings. The number of hydrogen-bond acceptors (Lipinski definition) is 4. The summed E-state index contributed by atoms with van der Waals surface area (Å²) in [6, 6.07) is 78.2. The third kappa shape index (κ3) is 5.79. The van der Waals surface area contributed by atoms with Crippen molar-refractivity contribution in [1.29, 1.82) is 0 Å². The van der Waals surface area contributed by atoms with Crippen molar-refractivity contribution in [2.24, 2.45) is 0 Å². The molecule has 10 aromatic carbocycles. The van der Waals surface area contributed by atoms with Crippen LogP contribution in [0.4, 0.5) is 0 Å². The molecule has 0 N–H and O–H groups in total. The molecule has 3 aromatic heterocycles. The normalized spacial score (nSPS) is 11.8. The lowest BCUT2D eigenvalue weighted by molar-refractivity contribution is 1.07. The third-order valence-corrected chi connectivity index (χ3v) is 13.7. The summed E-state index contributed by atoms with van der Waals surface area (Å²) in [5, 5.41) is 9.92. The summed E-state index contributed by atoms with van der Waals surface area (Å²) in [7, 11) is 0. The van der Waals surface area contributed by atoms with Gasteiger partial charge in [0.15, 0.2) is 17.5 Å². The molecule has 5 heteroatoms. The van der Waals surface area contributed by atoms with E-state index in [2.05, 4.69) is 187 Å². The van der Waals surface area contributed by atoms with Gasteiger partial charge in [-0.3, -0.25) is 0 Å². The molecular formula is C59H36N4S. The highest BCUT2D eigenvalue weighted by Gasteiger charge is 2.24. The lowest BCUT2D eigenvalue weighted by Crippen LogP contribution is -2.00. The number of fused-ring (bicyclic) bond motifs is 10. The molecule has 0 spiro atoms. The number of rotatable bonds is 6. The first-order valence-corrected chi connectivity index (χ1v) is 22.4. The van der Waals surface area contributed by atoms with Crippen LogP contribution in [0.2, 0.25) is 0 Å². The molecule has 0 bridgehead atoms. The maximum atomic E-state index is 5.08. The summed E-state index contributed by atoms with van der Waals surface area (Å²) in [6.07, 6.45) is 0. The van der Waals surface area contributed by atoms with E-state index in [1.807, 2.05) is 47.7 Å². The average Bonchev–Trinajstić information content (AvgIpc) is 3.92. The van der Waals surface area contributed by atoms with Crippen molar-refractivity contribution >= 4 is 74.9 Å². The quantitative estimate of drug-likeness (QED) is 0.168. The van der Waals surface area contributed by atoms with Crippen molar-refractivity contribution in [3.05, 3.63) is 218 Å². The van der Waals surface area contributed by atoms with Crippen LogP contribution in [0.3, 0.4) is 0 Å². The van der Waals surface area contributed by atoms with E-state index in [4.69, 9.17) is 15.0 Å². The molecule has 0 aliphatic carbocycles. The van der Waals surface area contributed by atoms with Gasteiger partial charge in [-0.1, -0.05) is 188 Å². The van der Waals surface area contributed by atoms with E-state index in [1.165, 1.54) is 85.8 Å². The fourth-order valence-electron chi connectivity index (χ4n) is 9.77. The Morgan fingerprint density at radius 1 is 0.297 bits per heavy atom. The predicted molar refractivity (Wildman–Crippen MR) is 269 cm³/mol. The van der Waals surface area contributed by atoms with E-state index in [0.29, 0.717) is 17.5 Å². The van der Waals surface area contributed by atoms with E-state index in [1.54, 1.807) is 0 Å². The van der Waals surface area contributed by atoms with Crippen LogP contribution in [0.15, 0.2) is 218 Å². The molecule has 298 valence electrons. The standard InChI is InChI=1S/C59H36N4S/c1-5-18-37(19-6-1)47-35-50-55(44-28-15-13-26-42(44)47)56-45-29-16-14-27-43(45)48(38-20-7-2-8-21-38)36-51(56)63(50)49-30-17-31-52-54(49)46-33-32-41(34-53(46)64-52)59-61-57(39-22-9-3-10-23-39)60-58(62-59)40-24-11-4-12-25-40/h1-36H. The van der Waals surface area contributed by atoms with Crippen molar-refractivity contribution in [3.63, 3.8) is 0 Å². The van der Waals surface area contributed by atoms with Gasteiger partial charge in [0.05, 0.1) is 16.7 Å². The molecule has 0 amide bonds. The van der Waals surface area contributed by atoms with E-state index >= 15 is 0 Å². The van der Waals surface area contributed by atoms with Gasteiger partial charge in [0.2, 0.25) is 0 Å². The van der Waals surface area contributed by atoms with Crippen molar-refractivity contribution in [1.82, 2.24) is 19.5 Å². The predicted octanol–water partition coefficient (Wildman–Crippen LogP) is 16.0. The molecule has 3 heterocycles. The zero-order valence-corrected chi connectivity index (χ0v) is 35.3. The van der Waals surface area contributed by atoms with Gasteiger partial charge in [0, 0.05) is 47.6 Å². The largest absolute Gasteiger partial charge is 0.308 e. The minimum absolute atomic E-state index is 0.648. The van der Waals surface area contributed by atoms with E-state index in [-0.39, 0.29) is 0 Å². The zero-order chi connectivity index (χ0) is 42.1. The highest BCUT2D eigenvalue weighted by Crippen LogP contribution is 2.48. The van der Waals surface area contributed by atoms with Crippen molar-refractivity contribution in [3.8, 4) is 62.1 Å². The maximum absolute atomic E-state index is 5.08. The van der Waals surface area contributed by atoms with Crippen LogP contribution < -0.4 is 0 Å². The van der Waals surface area contributed by atoms with Crippen LogP contribution in [-0.4, -0.2) is 19.5 Å². The van der Waals surface area contributed by atoms with Gasteiger partial charge in [-0.05, 0) is 74.1 Å². The zero-order valence-electron chi connectivity index (χ0n) is 34.5. The second-order valence-electron chi connectivity index (χ2n) is 16.3. The highest BCUT2D eigenvalue weighted by atomic mass is 32.1. The molecule has 0 saturated heterocycles.